The molecule has 1 heterocycles. The van der Waals surface area contributed by atoms with Crippen LogP contribution in [0, 0.1) is 17.1 Å². The first-order valence-electron chi connectivity index (χ1n) is 4.47. The van der Waals surface area contributed by atoms with Gasteiger partial charge in [0, 0.05) is 0 Å². The summed E-state index contributed by atoms with van der Waals surface area (Å²) in [5.74, 6) is -0.608. The molecule has 0 aliphatic rings. The molecule has 0 bridgehead atoms. The van der Waals surface area contributed by atoms with E-state index in [4.69, 9.17) is 5.26 Å². The van der Waals surface area contributed by atoms with Gasteiger partial charge in [0.05, 0.1) is 16.5 Å². The molecule has 0 saturated carbocycles. The van der Waals surface area contributed by atoms with Crippen LogP contribution in [0.4, 0.5) is 4.39 Å². The highest BCUT2D eigenvalue weighted by Crippen LogP contribution is 2.14. The van der Waals surface area contributed by atoms with Gasteiger partial charge in [-0.25, -0.2) is 9.37 Å². The summed E-state index contributed by atoms with van der Waals surface area (Å²) in [5.41, 5.74) is 0.448. The molecule has 0 radical (unpaired) electrons. The highest BCUT2D eigenvalue weighted by Gasteiger charge is 2.09. The fraction of sp³-hybridized carbons (Fsp3) is 0.100. The van der Waals surface area contributed by atoms with E-state index in [1.165, 1.54) is 0 Å². The van der Waals surface area contributed by atoms with Crippen LogP contribution in [0.15, 0.2) is 16.9 Å². The van der Waals surface area contributed by atoms with E-state index < -0.39 is 11.4 Å². The average Bonchev–Trinajstić information content (AvgIpc) is 2.28. The zero-order chi connectivity index (χ0) is 11.7. The predicted molar refractivity (Wildman–Crippen MR) is 60.9 cm³/mol. The van der Waals surface area contributed by atoms with Gasteiger partial charge in [-0.2, -0.15) is 5.26 Å². The third-order valence-electron chi connectivity index (χ3n) is 2.13. The number of aromatic amines is 1. The third-order valence-corrected chi connectivity index (χ3v) is 2.84. The molecule has 0 spiro atoms. The van der Waals surface area contributed by atoms with Crippen molar-refractivity contribution in [3.8, 4) is 6.07 Å². The van der Waals surface area contributed by atoms with Gasteiger partial charge in [-0.15, -0.1) is 0 Å². The Kier molecular flexibility index (Phi) is 2.67. The summed E-state index contributed by atoms with van der Waals surface area (Å²) in [6.07, 6.45) is 0. The first-order valence-corrected chi connectivity index (χ1v) is 5.97. The highest BCUT2D eigenvalue weighted by molar-refractivity contribution is 7.45. The topological polar surface area (TPSA) is 69.5 Å². The molecule has 4 nitrogen and oxygen atoms in total. The summed E-state index contributed by atoms with van der Waals surface area (Å²) >= 11 is 0. The lowest BCUT2D eigenvalue weighted by atomic mass is 10.1. The summed E-state index contributed by atoms with van der Waals surface area (Å²) in [6, 6.07) is 4.01. The zero-order valence-electron chi connectivity index (χ0n) is 8.34. The molecule has 1 aromatic carbocycles. The quantitative estimate of drug-likeness (QED) is 0.745. The van der Waals surface area contributed by atoms with Gasteiger partial charge in [-0.05, 0) is 18.8 Å². The number of aromatic nitrogens is 2. The summed E-state index contributed by atoms with van der Waals surface area (Å²) in [7, 11) is 0.315. The van der Waals surface area contributed by atoms with Crippen LogP contribution in [0.2, 0.25) is 0 Å². The Balaban J connectivity index is 2.96. The Hall–Kier alpha value is -1.79. The zero-order valence-corrected chi connectivity index (χ0v) is 9.34. The van der Waals surface area contributed by atoms with Crippen molar-refractivity contribution in [1.29, 1.82) is 5.26 Å². The van der Waals surface area contributed by atoms with Crippen molar-refractivity contribution in [2.45, 2.75) is 0 Å². The minimum atomic E-state index is -0.608. The molecule has 0 fully saturated rings. The molecule has 6 heteroatoms. The van der Waals surface area contributed by atoms with Gasteiger partial charge in [0.1, 0.15) is 17.5 Å². The van der Waals surface area contributed by atoms with E-state index in [9.17, 15) is 9.18 Å². The largest absolute Gasteiger partial charge is 0.307 e. The molecule has 1 unspecified atom stereocenters. The summed E-state index contributed by atoms with van der Waals surface area (Å²) in [5, 5.41) is 8.96. The molecule has 0 aliphatic carbocycles. The first-order chi connectivity index (χ1) is 7.65. The Morgan fingerprint density at radius 2 is 2.31 bits per heavy atom. The van der Waals surface area contributed by atoms with E-state index >= 15 is 0 Å². The van der Waals surface area contributed by atoms with Gasteiger partial charge in [-0.1, -0.05) is 8.58 Å². The Morgan fingerprint density at radius 1 is 1.56 bits per heavy atom. The van der Waals surface area contributed by atoms with E-state index in [1.807, 2.05) is 12.7 Å². The number of nitriles is 1. The molecule has 1 atom stereocenters. The molecular weight excluding hydrogens is 228 g/mol. The van der Waals surface area contributed by atoms with Crippen LogP contribution in [0.1, 0.15) is 5.56 Å². The molecule has 80 valence electrons. The maximum atomic E-state index is 13.1. The molecule has 0 aliphatic heterocycles. The second kappa shape index (κ2) is 3.99. The van der Waals surface area contributed by atoms with E-state index in [1.54, 1.807) is 0 Å². The second-order valence-corrected chi connectivity index (χ2v) is 4.10. The SMILES string of the molecule is CPc1nc2c(C#N)cc(F)cc2c(=O)[nH]1. The molecule has 1 N–H and O–H groups in total. The third kappa shape index (κ3) is 1.68. The molecular formula is C10H7FN3OP. The van der Waals surface area contributed by atoms with Crippen molar-refractivity contribution < 1.29 is 4.39 Å². The number of rotatable bonds is 1. The number of nitrogens with zero attached hydrogens (tertiary/aromatic N) is 2. The predicted octanol–water partition coefficient (Wildman–Crippen LogP) is 0.867. The summed E-state index contributed by atoms with van der Waals surface area (Å²) < 4.78 is 13.1. The number of H-pyrrole nitrogens is 1. The number of hydrogen-bond acceptors (Lipinski definition) is 3. The van der Waals surface area contributed by atoms with Gasteiger partial charge < -0.3 is 4.98 Å². The number of nitrogens with one attached hydrogen (secondary N) is 1. The fourth-order valence-corrected chi connectivity index (χ4v) is 1.87. The van der Waals surface area contributed by atoms with Gasteiger partial charge in [0.25, 0.3) is 5.56 Å². The molecule has 0 saturated heterocycles. The van der Waals surface area contributed by atoms with Crippen molar-refractivity contribution in [3.05, 3.63) is 33.9 Å². The van der Waals surface area contributed by atoms with E-state index in [0.717, 1.165) is 12.1 Å². The van der Waals surface area contributed by atoms with Gasteiger partial charge in [0.2, 0.25) is 0 Å². The van der Waals surface area contributed by atoms with Crippen LogP contribution in [0.3, 0.4) is 0 Å². The number of fused-ring (bicyclic) bond motifs is 1. The van der Waals surface area contributed by atoms with Crippen molar-refractivity contribution in [2.75, 3.05) is 6.66 Å². The van der Waals surface area contributed by atoms with Gasteiger partial charge in [0.15, 0.2) is 0 Å². The average molecular weight is 235 g/mol. The van der Waals surface area contributed by atoms with Crippen LogP contribution in [0.5, 0.6) is 0 Å². The molecule has 0 amide bonds. The monoisotopic (exact) mass is 235 g/mol. The lowest BCUT2D eigenvalue weighted by molar-refractivity contribution is 0.629. The molecule has 2 rings (SSSR count). The fourth-order valence-electron chi connectivity index (χ4n) is 1.41. The first kappa shape index (κ1) is 10.7. The van der Waals surface area contributed by atoms with Crippen molar-refractivity contribution in [2.24, 2.45) is 0 Å². The summed E-state index contributed by atoms with van der Waals surface area (Å²) in [6.45, 7) is 1.86. The van der Waals surface area contributed by atoms with Crippen LogP contribution in [-0.2, 0) is 0 Å². The number of halogens is 1. The number of hydrogen-bond donors (Lipinski definition) is 1. The minimum Gasteiger partial charge on any atom is -0.307 e. The Morgan fingerprint density at radius 3 is 2.94 bits per heavy atom. The number of benzene rings is 1. The summed E-state index contributed by atoms with van der Waals surface area (Å²) in [4.78, 5) is 18.3. The van der Waals surface area contributed by atoms with Gasteiger partial charge >= 0.3 is 0 Å². The van der Waals surface area contributed by atoms with E-state index in [0.29, 0.717) is 14.1 Å². The van der Waals surface area contributed by atoms with Crippen LogP contribution in [-0.4, -0.2) is 16.6 Å². The van der Waals surface area contributed by atoms with Gasteiger partial charge in [-0.3, -0.25) is 4.79 Å². The van der Waals surface area contributed by atoms with E-state index in [-0.39, 0.29) is 16.5 Å². The van der Waals surface area contributed by atoms with Crippen molar-refractivity contribution in [3.63, 3.8) is 0 Å². The minimum absolute atomic E-state index is 0.0839. The van der Waals surface area contributed by atoms with Crippen molar-refractivity contribution in [1.82, 2.24) is 9.97 Å². The van der Waals surface area contributed by atoms with Crippen molar-refractivity contribution >= 4 is 25.0 Å². The lowest BCUT2D eigenvalue weighted by Crippen LogP contribution is -2.20. The lowest BCUT2D eigenvalue weighted by Gasteiger charge is -2.02. The van der Waals surface area contributed by atoms with Crippen LogP contribution in [0.25, 0.3) is 10.9 Å². The normalized spacial score (nSPS) is 11.1. The maximum Gasteiger partial charge on any atom is 0.259 e. The Labute approximate surface area is 91.9 Å². The molecule has 2 aromatic rings. The smallest absolute Gasteiger partial charge is 0.259 e. The maximum absolute atomic E-state index is 13.1. The standard InChI is InChI=1S/C10H7FN3OP/c1-16-10-13-8-5(4-12)2-6(11)3-7(8)9(15)14-10/h2-3,16H,1H3,(H,13,14,15). The molecule has 1 aromatic heterocycles. The molecule has 16 heavy (non-hydrogen) atoms. The second-order valence-electron chi connectivity index (χ2n) is 3.13. The van der Waals surface area contributed by atoms with Crippen LogP contribution < -0.4 is 11.1 Å². The van der Waals surface area contributed by atoms with E-state index in [2.05, 4.69) is 9.97 Å². The Bertz CT molecular complexity index is 659. The van der Waals surface area contributed by atoms with Crippen LogP contribution >= 0.6 is 8.58 Å². The highest BCUT2D eigenvalue weighted by atomic mass is 31.1.